The zero-order valence-electron chi connectivity index (χ0n) is 15.8. The van der Waals surface area contributed by atoms with Gasteiger partial charge in [0, 0.05) is 31.2 Å². The quantitative estimate of drug-likeness (QED) is 0.771. The van der Waals surface area contributed by atoms with Crippen LogP contribution in [0.2, 0.25) is 0 Å². The Morgan fingerprint density at radius 2 is 1.67 bits per heavy atom. The van der Waals surface area contributed by atoms with Gasteiger partial charge in [-0.15, -0.1) is 0 Å². The molecule has 1 aliphatic carbocycles. The maximum Gasteiger partial charge on any atom is 0.253 e. The predicted octanol–water partition coefficient (Wildman–Crippen LogP) is 4.91. The first-order valence-electron chi connectivity index (χ1n) is 9.79. The number of halogens is 1. The van der Waals surface area contributed by atoms with Crippen molar-refractivity contribution in [3.63, 3.8) is 0 Å². The van der Waals surface area contributed by atoms with Gasteiger partial charge in [-0.05, 0) is 61.1 Å². The highest BCUT2D eigenvalue weighted by molar-refractivity contribution is 5.94. The van der Waals surface area contributed by atoms with Crippen molar-refractivity contribution in [1.82, 2.24) is 4.90 Å². The van der Waals surface area contributed by atoms with E-state index in [0.717, 1.165) is 49.9 Å². The Kier molecular flexibility index (Phi) is 5.00. The van der Waals surface area contributed by atoms with E-state index >= 15 is 0 Å². The first-order chi connectivity index (χ1) is 13.1. The van der Waals surface area contributed by atoms with Crippen LogP contribution in [0.4, 0.5) is 4.39 Å². The monoisotopic (exact) mass is 367 g/mol. The molecule has 2 aromatic rings. The van der Waals surface area contributed by atoms with Gasteiger partial charge in [0.25, 0.3) is 5.91 Å². The first-order valence-corrected chi connectivity index (χ1v) is 9.79. The summed E-state index contributed by atoms with van der Waals surface area (Å²) in [5.41, 5.74) is 2.78. The molecular weight excluding hydrogens is 341 g/mol. The molecule has 0 bridgehead atoms. The van der Waals surface area contributed by atoms with Gasteiger partial charge >= 0.3 is 0 Å². The molecule has 1 aliphatic heterocycles. The third-order valence-electron chi connectivity index (χ3n) is 6.31. The highest BCUT2D eigenvalue weighted by atomic mass is 19.1. The summed E-state index contributed by atoms with van der Waals surface area (Å²) in [6.07, 6.45) is 5.91. The molecule has 1 amide bonds. The standard InChI is InChI=1S/C23H26FNO2/c1-27-21-4-2-13-23(21)14-3-15-25(16-23)22(26)19-7-5-17(6-8-19)18-9-11-20(24)12-10-18/h5-12,21H,2-4,13-16H2,1H3/t21-,23-/m1/s1. The molecule has 2 fully saturated rings. The Bertz CT molecular complexity index is 802. The Morgan fingerprint density at radius 3 is 2.33 bits per heavy atom. The van der Waals surface area contributed by atoms with E-state index in [4.69, 9.17) is 4.74 Å². The molecule has 1 spiro atoms. The van der Waals surface area contributed by atoms with Gasteiger partial charge in [-0.3, -0.25) is 4.79 Å². The number of carbonyl (C=O) groups excluding carboxylic acids is 1. The van der Waals surface area contributed by atoms with Crippen LogP contribution < -0.4 is 0 Å². The van der Waals surface area contributed by atoms with Gasteiger partial charge in [0.15, 0.2) is 0 Å². The Labute approximate surface area is 160 Å². The summed E-state index contributed by atoms with van der Waals surface area (Å²) >= 11 is 0. The van der Waals surface area contributed by atoms with E-state index < -0.39 is 0 Å². The molecule has 4 heteroatoms. The van der Waals surface area contributed by atoms with Crippen LogP contribution in [0.15, 0.2) is 48.5 Å². The minimum atomic E-state index is -0.245. The van der Waals surface area contributed by atoms with Crippen LogP contribution in [0.3, 0.4) is 0 Å². The molecule has 2 aliphatic rings. The molecule has 1 saturated carbocycles. The second-order valence-corrected chi connectivity index (χ2v) is 7.89. The summed E-state index contributed by atoms with van der Waals surface area (Å²) in [6, 6.07) is 14.1. The molecule has 2 aromatic carbocycles. The largest absolute Gasteiger partial charge is 0.381 e. The molecule has 142 valence electrons. The van der Waals surface area contributed by atoms with Crippen LogP contribution in [0.5, 0.6) is 0 Å². The van der Waals surface area contributed by atoms with Crippen molar-refractivity contribution in [3.8, 4) is 11.1 Å². The average molecular weight is 367 g/mol. The van der Waals surface area contributed by atoms with Crippen LogP contribution in [-0.2, 0) is 4.74 Å². The molecule has 0 radical (unpaired) electrons. The molecule has 1 saturated heterocycles. The fourth-order valence-electron chi connectivity index (χ4n) is 4.91. The summed E-state index contributed by atoms with van der Waals surface area (Å²) < 4.78 is 18.8. The number of carbonyl (C=O) groups is 1. The molecule has 4 rings (SSSR count). The highest BCUT2D eigenvalue weighted by Gasteiger charge is 2.46. The molecule has 0 unspecified atom stereocenters. The summed E-state index contributed by atoms with van der Waals surface area (Å²) in [5, 5.41) is 0. The highest BCUT2D eigenvalue weighted by Crippen LogP contribution is 2.46. The molecule has 27 heavy (non-hydrogen) atoms. The molecule has 3 nitrogen and oxygen atoms in total. The van der Waals surface area contributed by atoms with Gasteiger partial charge in [0.2, 0.25) is 0 Å². The number of rotatable bonds is 3. The van der Waals surface area contributed by atoms with Crippen molar-refractivity contribution in [3.05, 3.63) is 59.9 Å². The van der Waals surface area contributed by atoms with E-state index in [1.807, 2.05) is 29.2 Å². The second kappa shape index (κ2) is 7.43. The number of methoxy groups -OCH3 is 1. The summed E-state index contributed by atoms with van der Waals surface area (Å²) in [4.78, 5) is 15.1. The van der Waals surface area contributed by atoms with Crippen molar-refractivity contribution in [1.29, 1.82) is 0 Å². The summed E-state index contributed by atoms with van der Waals surface area (Å²) in [7, 11) is 1.80. The van der Waals surface area contributed by atoms with Crippen molar-refractivity contribution in [2.75, 3.05) is 20.2 Å². The number of likely N-dealkylation sites (tertiary alicyclic amines) is 1. The Hall–Kier alpha value is -2.20. The number of nitrogens with zero attached hydrogens (tertiary/aromatic N) is 1. The van der Waals surface area contributed by atoms with Crippen molar-refractivity contribution >= 4 is 5.91 Å². The van der Waals surface area contributed by atoms with Crippen LogP contribution in [0, 0.1) is 11.2 Å². The SMILES string of the molecule is CO[C@@H]1CCC[C@]12CCCN(C(=O)c1ccc(-c3ccc(F)cc3)cc1)C2. The zero-order chi connectivity index (χ0) is 18.9. The number of ether oxygens (including phenoxy) is 1. The minimum absolute atomic E-state index is 0.0986. The summed E-state index contributed by atoms with van der Waals surface area (Å²) in [5.74, 6) is -0.146. The van der Waals surface area contributed by atoms with Crippen LogP contribution in [0.25, 0.3) is 11.1 Å². The zero-order valence-corrected chi connectivity index (χ0v) is 15.8. The van der Waals surface area contributed by atoms with Gasteiger partial charge in [0.1, 0.15) is 5.82 Å². The minimum Gasteiger partial charge on any atom is -0.381 e. The van der Waals surface area contributed by atoms with Gasteiger partial charge in [-0.25, -0.2) is 4.39 Å². The fourth-order valence-corrected chi connectivity index (χ4v) is 4.91. The molecule has 1 heterocycles. The fraction of sp³-hybridized carbons (Fsp3) is 0.435. The van der Waals surface area contributed by atoms with Gasteiger partial charge in [-0.1, -0.05) is 30.7 Å². The number of piperidine rings is 1. The van der Waals surface area contributed by atoms with Crippen LogP contribution in [-0.4, -0.2) is 37.1 Å². The lowest BCUT2D eigenvalue weighted by Crippen LogP contribution is -2.49. The van der Waals surface area contributed by atoms with Gasteiger partial charge in [0.05, 0.1) is 6.10 Å². The van der Waals surface area contributed by atoms with E-state index in [9.17, 15) is 9.18 Å². The topological polar surface area (TPSA) is 29.5 Å². The normalized spacial score (nSPS) is 25.1. The maximum atomic E-state index is 13.1. The number of amides is 1. The number of hydrogen-bond donors (Lipinski definition) is 0. The lowest BCUT2D eigenvalue weighted by molar-refractivity contribution is -0.0295. The molecule has 0 N–H and O–H groups in total. The first kappa shape index (κ1) is 18.2. The summed E-state index contributed by atoms with van der Waals surface area (Å²) in [6.45, 7) is 1.61. The number of benzene rings is 2. The molecular formula is C23H26FNO2. The van der Waals surface area contributed by atoms with E-state index in [-0.39, 0.29) is 23.2 Å². The van der Waals surface area contributed by atoms with Gasteiger partial charge in [-0.2, -0.15) is 0 Å². The van der Waals surface area contributed by atoms with E-state index in [0.29, 0.717) is 5.56 Å². The van der Waals surface area contributed by atoms with E-state index in [2.05, 4.69) is 0 Å². The van der Waals surface area contributed by atoms with E-state index in [1.165, 1.54) is 18.6 Å². The molecule has 2 atom stereocenters. The van der Waals surface area contributed by atoms with Crippen LogP contribution >= 0.6 is 0 Å². The van der Waals surface area contributed by atoms with Crippen molar-refractivity contribution < 1.29 is 13.9 Å². The predicted molar refractivity (Wildman–Crippen MR) is 104 cm³/mol. The van der Waals surface area contributed by atoms with Crippen molar-refractivity contribution in [2.45, 2.75) is 38.2 Å². The van der Waals surface area contributed by atoms with Gasteiger partial charge < -0.3 is 9.64 Å². The third-order valence-corrected chi connectivity index (χ3v) is 6.31. The lowest BCUT2D eigenvalue weighted by Gasteiger charge is -2.43. The smallest absolute Gasteiger partial charge is 0.253 e. The van der Waals surface area contributed by atoms with Crippen LogP contribution in [0.1, 0.15) is 42.5 Å². The van der Waals surface area contributed by atoms with Crippen molar-refractivity contribution in [2.24, 2.45) is 5.41 Å². The Morgan fingerprint density at radius 1 is 1.04 bits per heavy atom. The third kappa shape index (κ3) is 3.51. The maximum absolute atomic E-state index is 13.1. The number of hydrogen-bond acceptors (Lipinski definition) is 2. The Balaban J connectivity index is 1.50. The average Bonchev–Trinajstić information content (AvgIpc) is 3.09. The second-order valence-electron chi connectivity index (χ2n) is 7.89. The van der Waals surface area contributed by atoms with E-state index in [1.54, 1.807) is 19.2 Å². The lowest BCUT2D eigenvalue weighted by atomic mass is 9.76. The molecule has 0 aromatic heterocycles.